The zero-order valence-electron chi connectivity index (χ0n) is 14.9. The van der Waals surface area contributed by atoms with Gasteiger partial charge in [-0.05, 0) is 41.2 Å². The molecule has 0 aliphatic carbocycles. The third kappa shape index (κ3) is 2.28. The van der Waals surface area contributed by atoms with Crippen LogP contribution in [0.15, 0.2) is 48.5 Å². The topological polar surface area (TPSA) is 40.6 Å². The Bertz CT molecular complexity index is 878. The predicted octanol–water partition coefficient (Wildman–Crippen LogP) is 4.06. The molecule has 0 spiro atoms. The van der Waals surface area contributed by atoms with E-state index < -0.39 is 5.54 Å². The summed E-state index contributed by atoms with van der Waals surface area (Å²) in [7, 11) is 0. The molecule has 1 saturated heterocycles. The van der Waals surface area contributed by atoms with Crippen molar-refractivity contribution in [2.24, 2.45) is 5.92 Å². The summed E-state index contributed by atoms with van der Waals surface area (Å²) in [4.78, 5) is 30.0. The van der Waals surface area contributed by atoms with Gasteiger partial charge in [-0.2, -0.15) is 0 Å². The van der Waals surface area contributed by atoms with Gasteiger partial charge in [0.1, 0.15) is 0 Å². The van der Waals surface area contributed by atoms with Crippen molar-refractivity contribution in [1.29, 1.82) is 0 Å². The lowest BCUT2D eigenvalue weighted by Gasteiger charge is -2.41. The minimum atomic E-state index is -1.09. The summed E-state index contributed by atoms with van der Waals surface area (Å²) in [6.45, 7) is 4.98. The lowest BCUT2D eigenvalue weighted by molar-refractivity contribution is -0.132. The van der Waals surface area contributed by atoms with Gasteiger partial charge in [0.05, 0.1) is 0 Å². The van der Waals surface area contributed by atoms with E-state index in [1.807, 2.05) is 50.2 Å². The number of amides is 3. The Balaban J connectivity index is 1.98. The van der Waals surface area contributed by atoms with E-state index in [1.165, 1.54) is 4.90 Å². The van der Waals surface area contributed by atoms with Crippen molar-refractivity contribution in [1.82, 2.24) is 9.80 Å². The lowest BCUT2D eigenvalue weighted by atomic mass is 9.76. The van der Waals surface area contributed by atoms with Crippen LogP contribution in [0.3, 0.4) is 0 Å². The molecule has 2 aromatic rings. The first-order chi connectivity index (χ1) is 12.5. The molecule has 0 radical (unpaired) electrons. The molecule has 0 unspecified atom stereocenters. The number of nitrogens with zero attached hydrogens (tertiary/aromatic N) is 2. The summed E-state index contributed by atoms with van der Waals surface area (Å²) in [5.41, 5.74) is 1.72. The first kappa shape index (κ1) is 17.1. The molecule has 4 rings (SSSR count). The van der Waals surface area contributed by atoms with E-state index in [0.29, 0.717) is 18.1 Å². The highest BCUT2D eigenvalue weighted by Gasteiger charge is 2.61. The first-order valence-electron chi connectivity index (χ1n) is 8.94. The van der Waals surface area contributed by atoms with Crippen molar-refractivity contribution >= 4 is 23.5 Å². The van der Waals surface area contributed by atoms with Crippen molar-refractivity contribution in [3.8, 4) is 0 Å². The molecule has 26 heavy (non-hydrogen) atoms. The highest BCUT2D eigenvalue weighted by atomic mass is 35.5. The van der Waals surface area contributed by atoms with Crippen molar-refractivity contribution in [3.63, 3.8) is 0 Å². The smallest absolute Gasteiger partial charge is 0.301 e. The summed E-state index contributed by atoms with van der Waals surface area (Å²) in [5.74, 6) is 0.0486. The van der Waals surface area contributed by atoms with Crippen LogP contribution in [0.5, 0.6) is 0 Å². The number of benzene rings is 2. The van der Waals surface area contributed by atoms with E-state index in [9.17, 15) is 9.59 Å². The molecule has 0 aromatic heterocycles. The van der Waals surface area contributed by atoms with Crippen LogP contribution in [-0.2, 0) is 16.8 Å². The van der Waals surface area contributed by atoms with Crippen LogP contribution >= 0.6 is 11.6 Å². The quantitative estimate of drug-likeness (QED) is 0.766. The van der Waals surface area contributed by atoms with Gasteiger partial charge in [-0.15, -0.1) is 0 Å². The van der Waals surface area contributed by atoms with Crippen LogP contribution in [0.2, 0.25) is 5.02 Å². The van der Waals surface area contributed by atoms with Gasteiger partial charge in [-0.25, -0.2) is 4.79 Å². The second-order valence-electron chi connectivity index (χ2n) is 7.37. The first-order valence-corrected chi connectivity index (χ1v) is 9.32. The number of hydrogen-bond donors (Lipinski definition) is 0. The van der Waals surface area contributed by atoms with E-state index in [1.54, 1.807) is 17.0 Å². The number of halogens is 1. The largest absolute Gasteiger partial charge is 0.328 e. The summed E-state index contributed by atoms with van der Waals surface area (Å²) >= 11 is 6.08. The number of rotatable bonds is 3. The van der Waals surface area contributed by atoms with E-state index in [2.05, 4.69) is 0 Å². The maximum atomic E-state index is 13.7. The summed E-state index contributed by atoms with van der Waals surface area (Å²) < 4.78 is 0. The third-order valence-electron chi connectivity index (χ3n) is 5.24. The van der Waals surface area contributed by atoms with Crippen molar-refractivity contribution < 1.29 is 9.59 Å². The molecule has 3 amide bonds. The lowest BCUT2D eigenvalue weighted by Crippen LogP contribution is -2.51. The summed E-state index contributed by atoms with van der Waals surface area (Å²) in [5, 5.41) is 0.608. The van der Waals surface area contributed by atoms with E-state index >= 15 is 0 Å². The van der Waals surface area contributed by atoms with Crippen molar-refractivity contribution in [2.45, 2.75) is 25.8 Å². The van der Waals surface area contributed by atoms with Gasteiger partial charge >= 0.3 is 6.03 Å². The maximum Gasteiger partial charge on any atom is 0.328 e. The molecule has 2 aliphatic heterocycles. The standard InChI is InChI=1S/C21H21ClN2O2/c1-14(2)13-23-19(25)21(16-7-9-17(22)10-8-16)18-6-4-3-5-15(18)11-12-24(21)20(23)26/h3-10,14H,11-13H2,1-2H3/t21-/m0/s1. The monoisotopic (exact) mass is 368 g/mol. The average Bonchev–Trinajstić information content (AvgIpc) is 2.84. The van der Waals surface area contributed by atoms with Crippen LogP contribution < -0.4 is 0 Å². The van der Waals surface area contributed by atoms with E-state index in [0.717, 1.165) is 23.1 Å². The Morgan fingerprint density at radius 3 is 2.46 bits per heavy atom. The molecule has 0 saturated carbocycles. The number of urea groups is 1. The normalized spacial score (nSPS) is 22.0. The zero-order chi connectivity index (χ0) is 18.5. The van der Waals surface area contributed by atoms with Gasteiger partial charge in [0.15, 0.2) is 5.54 Å². The maximum absolute atomic E-state index is 13.7. The van der Waals surface area contributed by atoms with E-state index in [4.69, 9.17) is 11.6 Å². The Hall–Kier alpha value is -2.33. The molecular formula is C21H21ClN2O2. The van der Waals surface area contributed by atoms with Crippen molar-refractivity contribution in [3.05, 3.63) is 70.2 Å². The van der Waals surface area contributed by atoms with Crippen LogP contribution in [-0.4, -0.2) is 34.8 Å². The molecule has 0 bridgehead atoms. The van der Waals surface area contributed by atoms with Crippen molar-refractivity contribution in [2.75, 3.05) is 13.1 Å². The molecule has 2 aromatic carbocycles. The molecular weight excluding hydrogens is 348 g/mol. The SMILES string of the molecule is CC(C)CN1C(=O)N2CCc3ccccc3[C@@]2(c2ccc(Cl)cc2)C1=O. The molecule has 0 N–H and O–H groups in total. The molecule has 2 heterocycles. The highest BCUT2D eigenvalue weighted by Crippen LogP contribution is 2.47. The molecule has 4 nitrogen and oxygen atoms in total. The number of imide groups is 1. The van der Waals surface area contributed by atoms with Gasteiger partial charge in [-0.1, -0.05) is 61.8 Å². The number of hydrogen-bond acceptors (Lipinski definition) is 2. The Kier molecular flexibility index (Phi) is 4.03. The Morgan fingerprint density at radius 2 is 1.77 bits per heavy atom. The van der Waals surface area contributed by atoms with Crippen LogP contribution in [0.4, 0.5) is 4.79 Å². The zero-order valence-corrected chi connectivity index (χ0v) is 15.7. The fourth-order valence-electron chi connectivity index (χ4n) is 4.19. The minimum absolute atomic E-state index is 0.161. The second-order valence-corrected chi connectivity index (χ2v) is 7.80. The van der Waals surface area contributed by atoms with Gasteiger partial charge in [0, 0.05) is 18.1 Å². The van der Waals surface area contributed by atoms with Gasteiger partial charge in [-0.3, -0.25) is 9.69 Å². The molecule has 1 atom stereocenters. The minimum Gasteiger partial charge on any atom is -0.301 e. The highest BCUT2D eigenvalue weighted by molar-refractivity contribution is 6.30. The van der Waals surface area contributed by atoms with Crippen LogP contribution in [0.1, 0.15) is 30.5 Å². The fraction of sp³-hybridized carbons (Fsp3) is 0.333. The molecule has 2 aliphatic rings. The molecule has 134 valence electrons. The van der Waals surface area contributed by atoms with E-state index in [-0.39, 0.29) is 17.9 Å². The fourth-order valence-corrected chi connectivity index (χ4v) is 4.31. The molecule has 1 fully saturated rings. The van der Waals surface area contributed by atoms with Gasteiger partial charge < -0.3 is 4.90 Å². The number of fused-ring (bicyclic) bond motifs is 3. The van der Waals surface area contributed by atoms with Gasteiger partial charge in [0.25, 0.3) is 5.91 Å². The molecule has 5 heteroatoms. The number of carbonyl (C=O) groups excluding carboxylic acids is 2. The third-order valence-corrected chi connectivity index (χ3v) is 5.49. The number of carbonyl (C=O) groups is 2. The van der Waals surface area contributed by atoms with Crippen LogP contribution in [0, 0.1) is 5.92 Å². The Labute approximate surface area is 158 Å². The second kappa shape index (κ2) is 6.13. The van der Waals surface area contributed by atoms with Gasteiger partial charge in [0.2, 0.25) is 0 Å². The predicted molar refractivity (Wildman–Crippen MR) is 101 cm³/mol. The Morgan fingerprint density at radius 1 is 1.08 bits per heavy atom. The average molecular weight is 369 g/mol. The van der Waals surface area contributed by atoms with Crippen LogP contribution in [0.25, 0.3) is 0 Å². The summed E-state index contributed by atoms with van der Waals surface area (Å²) in [6.07, 6.45) is 0.750. The summed E-state index contributed by atoms with van der Waals surface area (Å²) in [6, 6.07) is 15.0.